The Labute approximate surface area is 103 Å². The lowest BCUT2D eigenvalue weighted by Gasteiger charge is -2.31. The normalized spacial score (nSPS) is 31.2. The molecule has 2 saturated heterocycles. The average molecular weight is 232 g/mol. The standard InChI is InChI=1S/C14H20N2O/c1-17-13-4-2-12(3-5-13)15-14-7-9-16-8-6-11(14)10-16/h2-5,11,14-15H,6-10H2,1H3. The van der Waals surface area contributed by atoms with Crippen LogP contribution in [0.2, 0.25) is 0 Å². The number of ether oxygens (including phenoxy) is 1. The van der Waals surface area contributed by atoms with Crippen molar-refractivity contribution in [3.05, 3.63) is 24.3 Å². The third-order valence-corrected chi connectivity index (χ3v) is 4.08. The monoisotopic (exact) mass is 232 g/mol. The minimum Gasteiger partial charge on any atom is -0.497 e. The molecule has 2 aliphatic heterocycles. The molecule has 1 aromatic rings. The summed E-state index contributed by atoms with van der Waals surface area (Å²) in [6.45, 7) is 3.84. The number of benzene rings is 1. The van der Waals surface area contributed by atoms with Crippen LogP contribution in [0.3, 0.4) is 0 Å². The van der Waals surface area contributed by atoms with Crippen LogP contribution in [-0.4, -0.2) is 37.7 Å². The summed E-state index contributed by atoms with van der Waals surface area (Å²) in [7, 11) is 1.71. The van der Waals surface area contributed by atoms with Gasteiger partial charge < -0.3 is 15.0 Å². The molecule has 2 heterocycles. The molecule has 17 heavy (non-hydrogen) atoms. The van der Waals surface area contributed by atoms with E-state index in [1.54, 1.807) is 7.11 Å². The van der Waals surface area contributed by atoms with E-state index in [2.05, 4.69) is 22.3 Å². The second kappa shape index (κ2) is 4.57. The Morgan fingerprint density at radius 2 is 1.94 bits per heavy atom. The second-order valence-electron chi connectivity index (χ2n) is 5.12. The molecular weight excluding hydrogens is 212 g/mol. The second-order valence-corrected chi connectivity index (χ2v) is 5.12. The minimum atomic E-state index is 0.655. The fourth-order valence-corrected chi connectivity index (χ4v) is 3.04. The van der Waals surface area contributed by atoms with Crippen LogP contribution in [0.1, 0.15) is 12.8 Å². The molecule has 2 aliphatic rings. The maximum atomic E-state index is 5.17. The molecule has 1 N–H and O–H groups in total. The van der Waals surface area contributed by atoms with Gasteiger partial charge in [0.2, 0.25) is 0 Å². The Balaban J connectivity index is 1.65. The van der Waals surface area contributed by atoms with Gasteiger partial charge in [-0.15, -0.1) is 0 Å². The van der Waals surface area contributed by atoms with Crippen molar-refractivity contribution < 1.29 is 4.74 Å². The highest BCUT2D eigenvalue weighted by molar-refractivity contribution is 5.47. The number of anilines is 1. The van der Waals surface area contributed by atoms with E-state index in [4.69, 9.17) is 4.74 Å². The number of hydrogen-bond donors (Lipinski definition) is 1. The van der Waals surface area contributed by atoms with E-state index in [1.165, 1.54) is 38.2 Å². The van der Waals surface area contributed by atoms with Crippen molar-refractivity contribution in [2.45, 2.75) is 18.9 Å². The van der Waals surface area contributed by atoms with Crippen molar-refractivity contribution in [2.24, 2.45) is 5.92 Å². The first-order chi connectivity index (χ1) is 8.35. The van der Waals surface area contributed by atoms with Crippen LogP contribution in [0.15, 0.2) is 24.3 Å². The van der Waals surface area contributed by atoms with Crippen LogP contribution in [0.5, 0.6) is 5.75 Å². The van der Waals surface area contributed by atoms with Crippen molar-refractivity contribution >= 4 is 5.69 Å². The van der Waals surface area contributed by atoms with Crippen molar-refractivity contribution in [1.82, 2.24) is 4.90 Å². The molecule has 1 aromatic carbocycles. The Morgan fingerprint density at radius 1 is 1.18 bits per heavy atom. The number of nitrogens with one attached hydrogen (secondary N) is 1. The van der Waals surface area contributed by atoms with Crippen LogP contribution in [0, 0.1) is 5.92 Å². The predicted molar refractivity (Wildman–Crippen MR) is 69.6 cm³/mol. The Morgan fingerprint density at radius 3 is 2.71 bits per heavy atom. The predicted octanol–water partition coefficient (Wildman–Crippen LogP) is 2.20. The van der Waals surface area contributed by atoms with E-state index in [1.807, 2.05) is 12.1 Å². The van der Waals surface area contributed by atoms with Crippen LogP contribution >= 0.6 is 0 Å². The smallest absolute Gasteiger partial charge is 0.119 e. The highest BCUT2D eigenvalue weighted by Crippen LogP contribution is 2.29. The van der Waals surface area contributed by atoms with Gasteiger partial charge in [-0.25, -0.2) is 0 Å². The molecule has 3 nitrogen and oxygen atoms in total. The van der Waals surface area contributed by atoms with Crippen LogP contribution in [0.4, 0.5) is 5.69 Å². The fraction of sp³-hybridized carbons (Fsp3) is 0.571. The third kappa shape index (κ3) is 2.25. The Bertz CT molecular complexity index is 376. The summed E-state index contributed by atoms with van der Waals surface area (Å²) in [5.74, 6) is 1.76. The van der Waals surface area contributed by atoms with Gasteiger partial charge in [-0.05, 0) is 49.6 Å². The van der Waals surface area contributed by atoms with Gasteiger partial charge in [0, 0.05) is 24.8 Å². The summed E-state index contributed by atoms with van der Waals surface area (Å²) in [6.07, 6.45) is 2.63. The van der Waals surface area contributed by atoms with Gasteiger partial charge in [0.05, 0.1) is 7.11 Å². The zero-order chi connectivity index (χ0) is 11.7. The summed E-state index contributed by atoms with van der Waals surface area (Å²) < 4.78 is 5.17. The van der Waals surface area contributed by atoms with Gasteiger partial charge in [0.1, 0.15) is 5.75 Å². The van der Waals surface area contributed by atoms with E-state index in [-0.39, 0.29) is 0 Å². The lowest BCUT2D eigenvalue weighted by Crippen LogP contribution is -2.39. The van der Waals surface area contributed by atoms with Crippen LogP contribution < -0.4 is 10.1 Å². The minimum absolute atomic E-state index is 0.655. The number of methoxy groups -OCH3 is 1. The van der Waals surface area contributed by atoms with Gasteiger partial charge in [-0.2, -0.15) is 0 Å². The zero-order valence-corrected chi connectivity index (χ0v) is 10.4. The Hall–Kier alpha value is -1.22. The topological polar surface area (TPSA) is 24.5 Å². The zero-order valence-electron chi connectivity index (χ0n) is 10.4. The molecule has 0 aliphatic carbocycles. The molecule has 0 radical (unpaired) electrons. The van der Waals surface area contributed by atoms with Gasteiger partial charge in [-0.1, -0.05) is 0 Å². The number of fused-ring (bicyclic) bond motifs is 2. The fourth-order valence-electron chi connectivity index (χ4n) is 3.04. The molecule has 3 rings (SSSR count). The quantitative estimate of drug-likeness (QED) is 0.864. The number of nitrogens with zero attached hydrogens (tertiary/aromatic N) is 1. The lowest BCUT2D eigenvalue weighted by atomic mass is 9.94. The van der Waals surface area contributed by atoms with E-state index >= 15 is 0 Å². The number of rotatable bonds is 3. The molecule has 0 spiro atoms. The maximum absolute atomic E-state index is 5.17. The maximum Gasteiger partial charge on any atom is 0.119 e. The first-order valence-corrected chi connectivity index (χ1v) is 6.48. The van der Waals surface area contributed by atoms with Gasteiger partial charge in [0.15, 0.2) is 0 Å². The molecular formula is C14H20N2O. The summed E-state index contributed by atoms with van der Waals surface area (Å²) in [5.41, 5.74) is 1.22. The van der Waals surface area contributed by atoms with Crippen molar-refractivity contribution in [1.29, 1.82) is 0 Å². The number of piperidine rings is 1. The summed E-state index contributed by atoms with van der Waals surface area (Å²) in [5, 5.41) is 3.68. The third-order valence-electron chi connectivity index (χ3n) is 4.08. The largest absolute Gasteiger partial charge is 0.497 e. The molecule has 2 fully saturated rings. The summed E-state index contributed by atoms with van der Waals surface area (Å²) in [6, 6.07) is 8.92. The summed E-state index contributed by atoms with van der Waals surface area (Å²) in [4.78, 5) is 2.58. The van der Waals surface area contributed by atoms with Crippen molar-refractivity contribution in [3.63, 3.8) is 0 Å². The van der Waals surface area contributed by atoms with Crippen LogP contribution in [0.25, 0.3) is 0 Å². The summed E-state index contributed by atoms with van der Waals surface area (Å²) >= 11 is 0. The van der Waals surface area contributed by atoms with Gasteiger partial charge in [-0.3, -0.25) is 0 Å². The van der Waals surface area contributed by atoms with E-state index in [0.29, 0.717) is 6.04 Å². The molecule has 0 aromatic heterocycles. The Kier molecular flexibility index (Phi) is 2.93. The van der Waals surface area contributed by atoms with E-state index in [9.17, 15) is 0 Å². The first kappa shape index (κ1) is 10.9. The number of hydrogen-bond acceptors (Lipinski definition) is 3. The van der Waals surface area contributed by atoms with Gasteiger partial charge >= 0.3 is 0 Å². The molecule has 92 valence electrons. The van der Waals surface area contributed by atoms with E-state index in [0.717, 1.165) is 11.7 Å². The van der Waals surface area contributed by atoms with Crippen molar-refractivity contribution in [2.75, 3.05) is 32.1 Å². The lowest BCUT2D eigenvalue weighted by molar-refractivity contribution is 0.255. The van der Waals surface area contributed by atoms with Crippen molar-refractivity contribution in [3.8, 4) is 5.75 Å². The van der Waals surface area contributed by atoms with E-state index < -0.39 is 0 Å². The van der Waals surface area contributed by atoms with Crippen LogP contribution in [-0.2, 0) is 0 Å². The highest BCUT2D eigenvalue weighted by Gasteiger charge is 2.33. The van der Waals surface area contributed by atoms with Gasteiger partial charge in [0.25, 0.3) is 0 Å². The molecule has 0 amide bonds. The molecule has 2 bridgehead atoms. The molecule has 3 heteroatoms. The first-order valence-electron chi connectivity index (χ1n) is 6.48. The highest BCUT2D eigenvalue weighted by atomic mass is 16.5. The average Bonchev–Trinajstić information content (AvgIpc) is 2.77. The SMILES string of the molecule is COc1ccc(NC2CCN3CCC2C3)cc1. The molecule has 0 saturated carbocycles. The molecule has 3 unspecified atom stereocenters. The molecule has 3 atom stereocenters.